The fraction of sp³-hybridized carbons (Fsp3) is 0.417. The van der Waals surface area contributed by atoms with Crippen LogP contribution in [0.2, 0.25) is 0 Å². The molecule has 0 radical (unpaired) electrons. The van der Waals surface area contributed by atoms with Crippen LogP contribution in [0.4, 0.5) is 0 Å². The summed E-state index contributed by atoms with van der Waals surface area (Å²) >= 11 is 10.7. The summed E-state index contributed by atoms with van der Waals surface area (Å²) in [5.74, 6) is 0.923. The van der Waals surface area contributed by atoms with Crippen molar-refractivity contribution in [3.05, 3.63) is 29.8 Å². The molecule has 1 aliphatic rings. The molecule has 1 saturated heterocycles. The average Bonchev–Trinajstić information content (AvgIpc) is 2.66. The van der Waals surface area contributed by atoms with Gasteiger partial charge in [0.1, 0.15) is 11.9 Å². The molecular weight excluding hydrogens is 242 g/mol. The molecule has 1 fully saturated rings. The second kappa shape index (κ2) is 5.02. The summed E-state index contributed by atoms with van der Waals surface area (Å²) in [6.07, 6.45) is 1.17. The highest BCUT2D eigenvalue weighted by atomic mass is 35.5. The van der Waals surface area contributed by atoms with Gasteiger partial charge in [0.05, 0.1) is 6.54 Å². The molecule has 0 aromatic heterocycles. The normalized spacial score (nSPS) is 19.9. The summed E-state index contributed by atoms with van der Waals surface area (Å²) in [7, 11) is 0. The van der Waals surface area contributed by atoms with Crippen molar-refractivity contribution in [2.75, 3.05) is 13.1 Å². The second-order valence-electron chi connectivity index (χ2n) is 4.04. The van der Waals surface area contributed by atoms with Gasteiger partial charge in [-0.15, -0.1) is 0 Å². The maximum atomic E-state index is 5.88. The van der Waals surface area contributed by atoms with Gasteiger partial charge in [0.25, 0.3) is 0 Å². The molecule has 4 heteroatoms. The van der Waals surface area contributed by atoms with Crippen LogP contribution in [0.3, 0.4) is 0 Å². The monoisotopic (exact) mass is 255 g/mol. The molecule has 0 saturated carbocycles. The Kier molecular flexibility index (Phi) is 3.66. The standard InChI is InChI=1S/C12H14ClNOS/c1-9-3-2-4-10(7-9)15-11-5-6-14(8-11)12(13)16/h2-4,7,11H,5-6,8H2,1H3. The van der Waals surface area contributed by atoms with Crippen molar-refractivity contribution in [1.82, 2.24) is 4.90 Å². The Balaban J connectivity index is 1.94. The lowest BCUT2D eigenvalue weighted by atomic mass is 10.2. The first kappa shape index (κ1) is 11.7. The molecule has 0 spiro atoms. The van der Waals surface area contributed by atoms with E-state index in [1.165, 1.54) is 5.56 Å². The molecule has 1 unspecified atom stereocenters. The smallest absolute Gasteiger partial charge is 0.170 e. The SMILES string of the molecule is Cc1cccc(OC2CCN(C(=S)Cl)C2)c1. The molecule has 86 valence electrons. The van der Waals surface area contributed by atoms with Gasteiger partial charge in [-0.2, -0.15) is 0 Å². The molecule has 0 bridgehead atoms. The molecular formula is C12H14ClNOS. The molecule has 16 heavy (non-hydrogen) atoms. The third-order valence-corrected chi connectivity index (χ3v) is 3.18. The minimum atomic E-state index is 0.193. The summed E-state index contributed by atoms with van der Waals surface area (Å²) in [6, 6.07) is 8.08. The quantitative estimate of drug-likeness (QED) is 0.458. The zero-order valence-electron chi connectivity index (χ0n) is 9.15. The van der Waals surface area contributed by atoms with E-state index in [1.54, 1.807) is 0 Å². The van der Waals surface area contributed by atoms with E-state index in [1.807, 2.05) is 23.1 Å². The summed E-state index contributed by atoms with van der Waals surface area (Å²) in [5.41, 5.74) is 1.21. The van der Waals surface area contributed by atoms with Crippen molar-refractivity contribution in [3.8, 4) is 5.75 Å². The van der Waals surface area contributed by atoms with Crippen LogP contribution in [0.15, 0.2) is 24.3 Å². The van der Waals surface area contributed by atoms with Crippen molar-refractivity contribution in [1.29, 1.82) is 0 Å². The average molecular weight is 256 g/mol. The molecule has 1 aromatic rings. The molecule has 2 rings (SSSR count). The Morgan fingerprint density at radius 2 is 2.38 bits per heavy atom. The first-order valence-electron chi connectivity index (χ1n) is 5.33. The lowest BCUT2D eigenvalue weighted by Gasteiger charge is -2.16. The Morgan fingerprint density at radius 3 is 3.00 bits per heavy atom. The molecule has 0 N–H and O–H groups in total. The highest BCUT2D eigenvalue weighted by molar-refractivity contribution is 7.83. The van der Waals surface area contributed by atoms with Gasteiger partial charge in [-0.25, -0.2) is 0 Å². The van der Waals surface area contributed by atoms with Gasteiger partial charge >= 0.3 is 0 Å². The van der Waals surface area contributed by atoms with Gasteiger partial charge < -0.3 is 9.64 Å². The molecule has 1 heterocycles. The Bertz CT molecular complexity index is 396. The van der Waals surface area contributed by atoms with Gasteiger partial charge in [0.15, 0.2) is 4.45 Å². The number of likely N-dealkylation sites (tertiary alicyclic amines) is 1. The molecule has 1 aromatic carbocycles. The number of nitrogens with zero attached hydrogens (tertiary/aromatic N) is 1. The number of benzene rings is 1. The van der Waals surface area contributed by atoms with Crippen molar-refractivity contribution in [3.63, 3.8) is 0 Å². The third-order valence-electron chi connectivity index (χ3n) is 2.69. The minimum Gasteiger partial charge on any atom is -0.489 e. The van der Waals surface area contributed by atoms with E-state index in [9.17, 15) is 0 Å². The van der Waals surface area contributed by atoms with E-state index >= 15 is 0 Å². The summed E-state index contributed by atoms with van der Waals surface area (Å²) in [6.45, 7) is 3.73. The highest BCUT2D eigenvalue weighted by Crippen LogP contribution is 2.20. The van der Waals surface area contributed by atoms with E-state index in [-0.39, 0.29) is 6.10 Å². The van der Waals surface area contributed by atoms with Gasteiger partial charge in [0, 0.05) is 13.0 Å². The molecule has 1 aliphatic heterocycles. The van der Waals surface area contributed by atoms with Crippen LogP contribution in [-0.4, -0.2) is 28.5 Å². The van der Waals surface area contributed by atoms with Crippen molar-refractivity contribution >= 4 is 28.3 Å². The number of thiocarbonyl (C=S) groups is 1. The van der Waals surface area contributed by atoms with E-state index in [4.69, 9.17) is 28.6 Å². The number of hydrogen-bond donors (Lipinski definition) is 0. The van der Waals surface area contributed by atoms with E-state index < -0.39 is 0 Å². The summed E-state index contributed by atoms with van der Waals surface area (Å²) in [4.78, 5) is 1.97. The first-order valence-corrected chi connectivity index (χ1v) is 6.11. The summed E-state index contributed by atoms with van der Waals surface area (Å²) in [5, 5.41) is 0. The van der Waals surface area contributed by atoms with Crippen LogP contribution >= 0.6 is 23.8 Å². The number of ether oxygens (including phenoxy) is 1. The molecule has 0 amide bonds. The topological polar surface area (TPSA) is 12.5 Å². The Labute approximate surface area is 106 Å². The number of aryl methyl sites for hydroxylation is 1. The van der Waals surface area contributed by atoms with E-state index in [2.05, 4.69) is 13.0 Å². The number of rotatable bonds is 2. The van der Waals surface area contributed by atoms with Crippen LogP contribution < -0.4 is 4.74 Å². The zero-order chi connectivity index (χ0) is 11.5. The maximum absolute atomic E-state index is 5.88. The van der Waals surface area contributed by atoms with E-state index in [0.29, 0.717) is 4.45 Å². The van der Waals surface area contributed by atoms with Crippen molar-refractivity contribution in [2.45, 2.75) is 19.4 Å². The fourth-order valence-corrected chi connectivity index (χ4v) is 2.18. The first-order chi connectivity index (χ1) is 7.65. The Hall–Kier alpha value is -0.800. The lowest BCUT2D eigenvalue weighted by molar-refractivity contribution is 0.215. The molecule has 0 aliphatic carbocycles. The van der Waals surface area contributed by atoms with E-state index in [0.717, 1.165) is 25.3 Å². The van der Waals surface area contributed by atoms with Gasteiger partial charge in [0.2, 0.25) is 0 Å². The highest BCUT2D eigenvalue weighted by Gasteiger charge is 2.24. The van der Waals surface area contributed by atoms with Crippen molar-refractivity contribution in [2.24, 2.45) is 0 Å². The van der Waals surface area contributed by atoms with Gasteiger partial charge in [-0.3, -0.25) is 0 Å². The van der Waals surface area contributed by atoms with Crippen LogP contribution in [0.5, 0.6) is 5.75 Å². The predicted octanol–water partition coefficient (Wildman–Crippen LogP) is 2.97. The fourth-order valence-electron chi connectivity index (χ4n) is 1.87. The van der Waals surface area contributed by atoms with Crippen LogP contribution in [0.1, 0.15) is 12.0 Å². The van der Waals surface area contributed by atoms with Crippen molar-refractivity contribution < 1.29 is 4.74 Å². The van der Waals surface area contributed by atoms with Gasteiger partial charge in [-0.1, -0.05) is 23.7 Å². The minimum absolute atomic E-state index is 0.193. The van der Waals surface area contributed by atoms with Crippen LogP contribution in [-0.2, 0) is 0 Å². The van der Waals surface area contributed by atoms with Crippen LogP contribution in [0, 0.1) is 6.92 Å². The zero-order valence-corrected chi connectivity index (χ0v) is 10.7. The predicted molar refractivity (Wildman–Crippen MR) is 70.2 cm³/mol. The molecule has 2 nitrogen and oxygen atoms in total. The second-order valence-corrected chi connectivity index (χ2v) is 5.01. The maximum Gasteiger partial charge on any atom is 0.170 e. The van der Waals surface area contributed by atoms with Crippen LogP contribution in [0.25, 0.3) is 0 Å². The molecule has 1 atom stereocenters. The third kappa shape index (κ3) is 2.86. The Morgan fingerprint density at radius 1 is 1.56 bits per heavy atom. The number of hydrogen-bond acceptors (Lipinski definition) is 2. The summed E-state index contributed by atoms with van der Waals surface area (Å²) < 4.78 is 6.32. The van der Waals surface area contributed by atoms with Gasteiger partial charge in [-0.05, 0) is 36.8 Å². The lowest BCUT2D eigenvalue weighted by Crippen LogP contribution is -2.26. The largest absolute Gasteiger partial charge is 0.489 e. The number of halogens is 1.